The number of piperazine rings is 1. The van der Waals surface area contributed by atoms with Crippen molar-refractivity contribution < 1.29 is 12.9 Å². The second-order valence-corrected chi connectivity index (χ2v) is 9.83. The lowest BCUT2D eigenvalue weighted by Gasteiger charge is -2.35. The average molecular weight is 404 g/mol. The summed E-state index contributed by atoms with van der Waals surface area (Å²) in [5, 5.41) is 3.74. The van der Waals surface area contributed by atoms with Gasteiger partial charge in [0.05, 0.1) is 11.8 Å². The maximum absolute atomic E-state index is 13.4. The minimum Gasteiger partial charge on any atom is -0.369 e. The Hall–Kier alpha value is -2.16. The molecule has 2 aromatic heterocycles. The third kappa shape index (κ3) is 3.28. The zero-order valence-electron chi connectivity index (χ0n) is 15.3. The number of rotatable bonds is 4. The zero-order valence-corrected chi connectivity index (χ0v) is 16.9. The fraction of sp³-hybridized carbons (Fsp3) is 0.316. The number of hydrogen-bond acceptors (Lipinski definition) is 6. The molecule has 1 fully saturated rings. The molecule has 0 radical (unpaired) electrons. The van der Waals surface area contributed by atoms with Gasteiger partial charge in [0.1, 0.15) is 4.90 Å². The van der Waals surface area contributed by atoms with Crippen molar-refractivity contribution in [2.45, 2.75) is 18.7 Å². The van der Waals surface area contributed by atoms with Gasteiger partial charge in [0, 0.05) is 47.7 Å². The molecule has 0 spiro atoms. The first-order chi connectivity index (χ1) is 13.0. The molecule has 1 aromatic carbocycles. The highest BCUT2D eigenvalue weighted by Gasteiger charge is 2.34. The second kappa shape index (κ2) is 7.10. The predicted molar refractivity (Wildman–Crippen MR) is 107 cm³/mol. The predicted octanol–water partition coefficient (Wildman–Crippen LogP) is 3.53. The molecule has 0 N–H and O–H groups in total. The number of anilines is 1. The molecule has 0 unspecified atom stereocenters. The Morgan fingerprint density at radius 3 is 2.33 bits per heavy atom. The third-order valence-corrected chi connectivity index (χ3v) is 8.07. The number of thiophene rings is 1. The van der Waals surface area contributed by atoms with Crippen molar-refractivity contribution in [2.24, 2.45) is 0 Å². The van der Waals surface area contributed by atoms with Crippen LogP contribution >= 0.6 is 11.3 Å². The van der Waals surface area contributed by atoms with Gasteiger partial charge in [-0.25, -0.2) is 8.42 Å². The van der Waals surface area contributed by atoms with E-state index in [-0.39, 0.29) is 0 Å². The average Bonchev–Trinajstić information content (AvgIpc) is 3.30. The molecular weight excluding hydrogens is 382 g/mol. The van der Waals surface area contributed by atoms with Gasteiger partial charge in [0.15, 0.2) is 5.76 Å². The van der Waals surface area contributed by atoms with Crippen molar-refractivity contribution >= 4 is 27.0 Å². The van der Waals surface area contributed by atoms with E-state index in [1.807, 2.05) is 32.0 Å². The van der Waals surface area contributed by atoms with Gasteiger partial charge < -0.3 is 9.42 Å². The van der Waals surface area contributed by atoms with E-state index in [4.69, 9.17) is 4.52 Å². The van der Waals surface area contributed by atoms with Crippen LogP contribution in [0.1, 0.15) is 9.75 Å². The summed E-state index contributed by atoms with van der Waals surface area (Å²) in [7, 11) is -3.60. The number of aromatic nitrogens is 1. The van der Waals surface area contributed by atoms with Crippen molar-refractivity contribution in [2.75, 3.05) is 31.1 Å². The van der Waals surface area contributed by atoms with E-state index >= 15 is 0 Å². The molecule has 27 heavy (non-hydrogen) atoms. The number of hydrogen-bond donors (Lipinski definition) is 0. The molecular formula is C19H21N3O3S2. The molecule has 4 rings (SSSR count). The highest BCUT2D eigenvalue weighted by molar-refractivity contribution is 7.89. The largest absolute Gasteiger partial charge is 0.369 e. The first kappa shape index (κ1) is 18.2. The smallest absolute Gasteiger partial charge is 0.245 e. The summed E-state index contributed by atoms with van der Waals surface area (Å²) < 4.78 is 33.7. The number of benzene rings is 1. The molecule has 1 aliphatic heterocycles. The van der Waals surface area contributed by atoms with Crippen LogP contribution in [0.5, 0.6) is 0 Å². The number of aryl methyl sites for hydroxylation is 2. The number of nitrogens with zero attached hydrogens (tertiary/aromatic N) is 3. The SMILES string of the molecule is Cc1sc(C)c(S(=O)(=O)N2CCN(c3ccccc3)CC2)c1-c1ccno1. The summed E-state index contributed by atoms with van der Waals surface area (Å²) in [6.07, 6.45) is 1.54. The van der Waals surface area contributed by atoms with Gasteiger partial charge in [-0.1, -0.05) is 23.4 Å². The van der Waals surface area contributed by atoms with Gasteiger partial charge in [0.25, 0.3) is 0 Å². The number of sulfonamides is 1. The van der Waals surface area contributed by atoms with E-state index in [0.29, 0.717) is 42.4 Å². The second-order valence-electron chi connectivity index (χ2n) is 6.52. The quantitative estimate of drug-likeness (QED) is 0.667. The maximum Gasteiger partial charge on any atom is 0.245 e. The fourth-order valence-corrected chi connectivity index (χ4v) is 6.80. The lowest BCUT2D eigenvalue weighted by atomic mass is 10.2. The van der Waals surface area contributed by atoms with Crippen molar-refractivity contribution in [3.8, 4) is 11.3 Å². The normalized spacial score (nSPS) is 16.0. The maximum atomic E-state index is 13.4. The van der Waals surface area contributed by atoms with Gasteiger partial charge in [-0.15, -0.1) is 11.3 Å². The van der Waals surface area contributed by atoms with Crippen LogP contribution in [0, 0.1) is 13.8 Å². The highest BCUT2D eigenvalue weighted by Crippen LogP contribution is 2.40. The fourth-order valence-electron chi connectivity index (χ4n) is 3.56. The van der Waals surface area contributed by atoms with E-state index in [2.05, 4.69) is 22.2 Å². The van der Waals surface area contributed by atoms with Crippen LogP contribution in [-0.2, 0) is 10.0 Å². The van der Waals surface area contributed by atoms with Crippen LogP contribution < -0.4 is 4.90 Å². The number of para-hydroxylation sites is 1. The Morgan fingerprint density at radius 1 is 1.00 bits per heavy atom. The van der Waals surface area contributed by atoms with Crippen LogP contribution in [0.2, 0.25) is 0 Å². The zero-order chi connectivity index (χ0) is 19.0. The molecule has 6 nitrogen and oxygen atoms in total. The van der Waals surface area contributed by atoms with Crippen LogP contribution in [-0.4, -0.2) is 44.1 Å². The van der Waals surface area contributed by atoms with Crippen LogP contribution in [0.3, 0.4) is 0 Å². The van der Waals surface area contributed by atoms with Gasteiger partial charge in [0.2, 0.25) is 10.0 Å². The summed E-state index contributed by atoms with van der Waals surface area (Å²) >= 11 is 1.48. The van der Waals surface area contributed by atoms with Crippen molar-refractivity contribution in [3.05, 3.63) is 52.3 Å². The molecule has 8 heteroatoms. The standard InChI is InChI=1S/C19H21N3O3S2/c1-14-18(17-8-9-20-25-17)19(15(2)26-14)27(23,24)22-12-10-21(11-13-22)16-6-4-3-5-7-16/h3-9H,10-13H2,1-2H3. The van der Waals surface area contributed by atoms with Crippen molar-refractivity contribution in [3.63, 3.8) is 0 Å². The molecule has 0 aliphatic carbocycles. The lowest BCUT2D eigenvalue weighted by Crippen LogP contribution is -2.48. The van der Waals surface area contributed by atoms with Crippen LogP contribution in [0.4, 0.5) is 5.69 Å². The minimum absolute atomic E-state index is 0.356. The monoisotopic (exact) mass is 403 g/mol. The van der Waals surface area contributed by atoms with Gasteiger partial charge >= 0.3 is 0 Å². The third-order valence-electron chi connectivity index (χ3n) is 4.85. The van der Waals surface area contributed by atoms with Crippen LogP contribution in [0.15, 0.2) is 52.0 Å². The molecule has 142 valence electrons. The molecule has 3 heterocycles. The molecule has 0 saturated carbocycles. The van der Waals surface area contributed by atoms with E-state index < -0.39 is 10.0 Å². The molecule has 0 amide bonds. The van der Waals surface area contributed by atoms with Gasteiger partial charge in [-0.3, -0.25) is 0 Å². The summed E-state index contributed by atoms with van der Waals surface area (Å²) in [6, 6.07) is 11.8. The van der Waals surface area contributed by atoms with E-state index in [1.165, 1.54) is 17.5 Å². The summed E-state index contributed by atoms with van der Waals surface area (Å²) in [5.74, 6) is 0.498. The summed E-state index contributed by atoms with van der Waals surface area (Å²) in [6.45, 7) is 6.03. The Morgan fingerprint density at radius 2 is 1.70 bits per heavy atom. The van der Waals surface area contributed by atoms with E-state index in [9.17, 15) is 8.42 Å². The lowest BCUT2D eigenvalue weighted by molar-refractivity contribution is 0.384. The summed E-state index contributed by atoms with van der Waals surface area (Å²) in [5.41, 5.74) is 1.76. The highest BCUT2D eigenvalue weighted by atomic mass is 32.2. The van der Waals surface area contributed by atoms with E-state index in [0.717, 1.165) is 15.4 Å². The first-order valence-corrected chi connectivity index (χ1v) is 11.1. The molecule has 0 atom stereocenters. The van der Waals surface area contributed by atoms with E-state index in [1.54, 1.807) is 10.4 Å². The van der Waals surface area contributed by atoms with Gasteiger partial charge in [-0.2, -0.15) is 4.31 Å². The minimum atomic E-state index is -3.60. The topological polar surface area (TPSA) is 66.7 Å². The Bertz CT molecular complexity index is 1020. The van der Waals surface area contributed by atoms with Gasteiger partial charge in [-0.05, 0) is 26.0 Å². The molecule has 1 aliphatic rings. The van der Waals surface area contributed by atoms with Crippen molar-refractivity contribution in [1.82, 2.24) is 9.46 Å². The Labute approximate surface area is 163 Å². The first-order valence-electron chi connectivity index (χ1n) is 8.79. The van der Waals surface area contributed by atoms with Crippen LogP contribution in [0.25, 0.3) is 11.3 Å². The molecule has 1 saturated heterocycles. The summed E-state index contributed by atoms with van der Waals surface area (Å²) in [4.78, 5) is 4.28. The molecule has 0 bridgehead atoms. The van der Waals surface area contributed by atoms with Crippen molar-refractivity contribution in [1.29, 1.82) is 0 Å². The molecule has 3 aromatic rings. The Balaban J connectivity index is 1.62. The Kier molecular flexibility index (Phi) is 4.79.